The minimum Gasteiger partial charge on any atom is -0.328 e. The molecule has 1 fully saturated rings. The van der Waals surface area contributed by atoms with Crippen molar-refractivity contribution in [3.8, 4) is 0 Å². The van der Waals surface area contributed by atoms with Crippen LogP contribution >= 0.6 is 0 Å². The van der Waals surface area contributed by atoms with E-state index in [2.05, 4.69) is 51.3 Å². The number of hydrogen-bond acceptors (Lipinski definition) is 1. The molecule has 100 valence electrons. The van der Waals surface area contributed by atoms with Gasteiger partial charge in [-0.25, -0.2) is 4.98 Å². The molecular formula is C16H26N2. The summed E-state index contributed by atoms with van der Waals surface area (Å²) in [4.78, 5) is 4.84. The van der Waals surface area contributed by atoms with Crippen molar-refractivity contribution in [2.45, 2.75) is 60.4 Å². The highest BCUT2D eigenvalue weighted by Crippen LogP contribution is 2.30. The third-order valence-corrected chi connectivity index (χ3v) is 3.49. The molecule has 2 heteroatoms. The van der Waals surface area contributed by atoms with Gasteiger partial charge in [-0.2, -0.15) is 0 Å². The van der Waals surface area contributed by atoms with E-state index in [9.17, 15) is 0 Å². The fourth-order valence-electron chi connectivity index (χ4n) is 2.42. The lowest BCUT2D eigenvalue weighted by Gasteiger charge is -2.18. The fourth-order valence-corrected chi connectivity index (χ4v) is 2.42. The molecule has 0 bridgehead atoms. The maximum Gasteiger partial charge on any atom is 0.110 e. The molecule has 0 N–H and O–H groups in total. The molecule has 1 aliphatic rings. The maximum absolute atomic E-state index is 4.84. The molecule has 0 aromatic carbocycles. The normalized spacial score (nSPS) is 18.7. The number of imidazole rings is 1. The van der Waals surface area contributed by atoms with Crippen molar-refractivity contribution in [3.05, 3.63) is 16.5 Å². The van der Waals surface area contributed by atoms with Gasteiger partial charge in [-0.1, -0.05) is 32.9 Å². The van der Waals surface area contributed by atoms with Gasteiger partial charge >= 0.3 is 0 Å². The Bertz CT molecular complexity index is 525. The highest BCUT2D eigenvalue weighted by atomic mass is 15.1. The third-order valence-electron chi connectivity index (χ3n) is 3.49. The van der Waals surface area contributed by atoms with Crippen molar-refractivity contribution in [1.82, 2.24) is 9.55 Å². The summed E-state index contributed by atoms with van der Waals surface area (Å²) in [5.74, 6) is 2.15. The summed E-state index contributed by atoms with van der Waals surface area (Å²) < 4.78 is 2.46. The molecule has 1 saturated carbocycles. The number of aromatic nitrogens is 2. The van der Waals surface area contributed by atoms with Gasteiger partial charge < -0.3 is 4.57 Å². The van der Waals surface area contributed by atoms with Crippen LogP contribution in [-0.2, 0) is 13.0 Å². The van der Waals surface area contributed by atoms with Crippen molar-refractivity contribution in [3.63, 3.8) is 0 Å². The first-order chi connectivity index (χ1) is 8.44. The van der Waals surface area contributed by atoms with Crippen LogP contribution in [-0.4, -0.2) is 9.55 Å². The van der Waals surface area contributed by atoms with E-state index in [4.69, 9.17) is 4.98 Å². The Morgan fingerprint density at radius 2 is 1.89 bits per heavy atom. The van der Waals surface area contributed by atoms with Gasteiger partial charge in [-0.15, -0.1) is 0 Å². The van der Waals surface area contributed by atoms with Gasteiger partial charge in [0.05, 0.1) is 10.7 Å². The summed E-state index contributed by atoms with van der Waals surface area (Å²) in [6, 6.07) is 0. The van der Waals surface area contributed by atoms with Gasteiger partial charge in [0.25, 0.3) is 0 Å². The molecule has 0 unspecified atom stereocenters. The summed E-state index contributed by atoms with van der Waals surface area (Å²) in [5.41, 5.74) is 0.294. The van der Waals surface area contributed by atoms with Crippen molar-refractivity contribution in [1.29, 1.82) is 0 Å². The largest absolute Gasteiger partial charge is 0.328 e. The van der Waals surface area contributed by atoms with E-state index < -0.39 is 0 Å². The van der Waals surface area contributed by atoms with Gasteiger partial charge in [0.15, 0.2) is 0 Å². The zero-order valence-electron chi connectivity index (χ0n) is 12.5. The summed E-state index contributed by atoms with van der Waals surface area (Å²) in [7, 11) is 0. The lowest BCUT2D eigenvalue weighted by molar-refractivity contribution is 0.388. The predicted octanol–water partition coefficient (Wildman–Crippen LogP) is 2.48. The molecular weight excluding hydrogens is 220 g/mol. The molecule has 1 heterocycles. The van der Waals surface area contributed by atoms with Crippen molar-refractivity contribution >= 4 is 12.2 Å². The molecule has 0 spiro atoms. The first kappa shape index (κ1) is 13.4. The molecule has 2 nitrogen and oxygen atoms in total. The molecule has 0 radical (unpaired) electrons. The second-order valence-electron chi connectivity index (χ2n) is 6.67. The van der Waals surface area contributed by atoms with Crippen LogP contribution in [0.5, 0.6) is 0 Å². The zero-order valence-corrected chi connectivity index (χ0v) is 12.5. The molecule has 1 aliphatic carbocycles. The van der Waals surface area contributed by atoms with Crippen LogP contribution in [0.4, 0.5) is 0 Å². The standard InChI is InChI=1S/C16H26N2/c1-6-13-14(7-2)18(11-12-8-9-12)15(17-13)10-16(3,4)5/h6-7,12H,8-11H2,1-5H3. The highest BCUT2D eigenvalue weighted by molar-refractivity contribution is 5.24. The van der Waals surface area contributed by atoms with E-state index in [0.717, 1.165) is 24.2 Å². The van der Waals surface area contributed by atoms with Crippen molar-refractivity contribution in [2.75, 3.05) is 0 Å². The SMILES string of the molecule is CC=c1nc(CC(C)(C)C)n(CC2CC2)c1=CC. The minimum atomic E-state index is 0.294. The lowest BCUT2D eigenvalue weighted by Crippen LogP contribution is -2.30. The Hall–Kier alpha value is -1.05. The van der Waals surface area contributed by atoms with Crippen LogP contribution in [0.25, 0.3) is 12.2 Å². The molecule has 18 heavy (non-hydrogen) atoms. The van der Waals surface area contributed by atoms with Crippen LogP contribution in [0.3, 0.4) is 0 Å². The monoisotopic (exact) mass is 246 g/mol. The van der Waals surface area contributed by atoms with E-state index in [1.54, 1.807) is 0 Å². The molecule has 0 saturated heterocycles. The average molecular weight is 246 g/mol. The quantitative estimate of drug-likeness (QED) is 0.801. The molecule has 0 aliphatic heterocycles. The second-order valence-corrected chi connectivity index (χ2v) is 6.67. The van der Waals surface area contributed by atoms with Gasteiger partial charge in [0.1, 0.15) is 5.82 Å². The number of hydrogen-bond donors (Lipinski definition) is 0. The van der Waals surface area contributed by atoms with E-state index in [0.29, 0.717) is 5.41 Å². The smallest absolute Gasteiger partial charge is 0.110 e. The molecule has 1 aromatic rings. The average Bonchev–Trinajstić information content (AvgIpc) is 3.02. The Kier molecular flexibility index (Phi) is 3.65. The Morgan fingerprint density at radius 1 is 1.22 bits per heavy atom. The predicted molar refractivity (Wildman–Crippen MR) is 77.6 cm³/mol. The fraction of sp³-hybridized carbons (Fsp3) is 0.688. The third kappa shape index (κ3) is 3.04. The zero-order chi connectivity index (χ0) is 13.3. The number of rotatable bonds is 3. The van der Waals surface area contributed by atoms with Crippen LogP contribution < -0.4 is 10.7 Å². The Labute approximate surface area is 110 Å². The van der Waals surface area contributed by atoms with Gasteiger partial charge in [-0.05, 0) is 38.0 Å². The second kappa shape index (κ2) is 4.91. The van der Waals surface area contributed by atoms with E-state index in [1.165, 1.54) is 24.0 Å². The molecule has 0 atom stereocenters. The van der Waals surface area contributed by atoms with E-state index in [-0.39, 0.29) is 0 Å². The molecule has 0 amide bonds. The minimum absolute atomic E-state index is 0.294. The first-order valence-corrected chi connectivity index (χ1v) is 7.12. The Morgan fingerprint density at radius 3 is 2.33 bits per heavy atom. The van der Waals surface area contributed by atoms with Crippen LogP contribution in [0, 0.1) is 11.3 Å². The van der Waals surface area contributed by atoms with E-state index in [1.807, 2.05) is 0 Å². The van der Waals surface area contributed by atoms with Crippen LogP contribution in [0.15, 0.2) is 0 Å². The van der Waals surface area contributed by atoms with E-state index >= 15 is 0 Å². The summed E-state index contributed by atoms with van der Waals surface area (Å²) in [5, 5.41) is 2.46. The molecule has 1 aromatic heterocycles. The van der Waals surface area contributed by atoms with Crippen molar-refractivity contribution in [2.24, 2.45) is 11.3 Å². The van der Waals surface area contributed by atoms with Gasteiger partial charge in [0, 0.05) is 13.0 Å². The Balaban J connectivity index is 2.46. The van der Waals surface area contributed by atoms with Gasteiger partial charge in [0.2, 0.25) is 0 Å². The van der Waals surface area contributed by atoms with Crippen molar-refractivity contribution < 1.29 is 0 Å². The summed E-state index contributed by atoms with van der Waals surface area (Å²) in [6.07, 6.45) is 8.17. The molecule has 2 rings (SSSR count). The van der Waals surface area contributed by atoms with Crippen LogP contribution in [0.2, 0.25) is 0 Å². The highest BCUT2D eigenvalue weighted by Gasteiger charge is 2.24. The maximum atomic E-state index is 4.84. The van der Waals surface area contributed by atoms with Gasteiger partial charge in [-0.3, -0.25) is 0 Å². The summed E-state index contributed by atoms with van der Waals surface area (Å²) >= 11 is 0. The summed E-state index contributed by atoms with van der Waals surface area (Å²) in [6.45, 7) is 12.2. The lowest BCUT2D eigenvalue weighted by atomic mass is 9.92. The first-order valence-electron chi connectivity index (χ1n) is 7.12. The van der Waals surface area contributed by atoms with Crippen LogP contribution in [0.1, 0.15) is 53.3 Å². The topological polar surface area (TPSA) is 17.8 Å². The number of nitrogens with zero attached hydrogens (tertiary/aromatic N) is 2.